The lowest BCUT2D eigenvalue weighted by molar-refractivity contribution is -0.124. The number of hydrogen-bond acceptors (Lipinski definition) is 5. The van der Waals surface area contributed by atoms with Gasteiger partial charge in [-0.2, -0.15) is 0 Å². The number of benzene rings is 2. The molecular formula is C27H32N4O4. The fourth-order valence-corrected chi connectivity index (χ4v) is 4.21. The maximum absolute atomic E-state index is 13.1. The smallest absolute Gasteiger partial charge is 0.407 e. The second kappa shape index (κ2) is 12.2. The third-order valence-corrected chi connectivity index (χ3v) is 6.15. The summed E-state index contributed by atoms with van der Waals surface area (Å²) in [7, 11) is 1.29. The number of carbonyl (C=O) groups is 2. The molecule has 1 aromatic heterocycles. The molecule has 2 aromatic carbocycles. The molecule has 35 heavy (non-hydrogen) atoms. The molecule has 4 rings (SSSR count). The molecule has 1 saturated heterocycles. The zero-order chi connectivity index (χ0) is 24.5. The molecule has 1 aliphatic heterocycles. The lowest BCUT2D eigenvalue weighted by Crippen LogP contribution is -2.48. The van der Waals surface area contributed by atoms with Crippen LogP contribution >= 0.6 is 0 Å². The summed E-state index contributed by atoms with van der Waals surface area (Å²) in [6.45, 7) is 1.17. The Labute approximate surface area is 205 Å². The summed E-state index contributed by atoms with van der Waals surface area (Å²) in [6, 6.07) is 17.4. The third-order valence-electron chi connectivity index (χ3n) is 6.15. The first-order valence-electron chi connectivity index (χ1n) is 12.1. The minimum atomic E-state index is -0.665. The second-order valence-electron chi connectivity index (χ2n) is 8.63. The number of nitrogens with zero attached hydrogens (tertiary/aromatic N) is 1. The lowest BCUT2D eigenvalue weighted by atomic mass is 10.0. The Hall–Kier alpha value is -3.65. The van der Waals surface area contributed by atoms with Crippen molar-refractivity contribution in [1.82, 2.24) is 20.6 Å². The monoisotopic (exact) mass is 476 g/mol. The Morgan fingerprint density at radius 2 is 1.80 bits per heavy atom. The highest BCUT2D eigenvalue weighted by molar-refractivity contribution is 5.85. The number of rotatable bonds is 4. The van der Waals surface area contributed by atoms with Crippen molar-refractivity contribution >= 4 is 12.0 Å². The number of amides is 2. The van der Waals surface area contributed by atoms with Crippen LogP contribution < -0.4 is 10.6 Å². The Kier molecular flexibility index (Phi) is 8.51. The van der Waals surface area contributed by atoms with Crippen molar-refractivity contribution in [2.45, 2.75) is 44.2 Å². The molecule has 2 amide bonds. The normalized spacial score (nSPS) is 19.6. The Morgan fingerprint density at radius 3 is 2.63 bits per heavy atom. The molecule has 3 aromatic rings. The summed E-state index contributed by atoms with van der Waals surface area (Å²) in [5, 5.41) is 5.71. The average molecular weight is 477 g/mol. The number of imidazole rings is 1. The molecule has 0 unspecified atom stereocenters. The zero-order valence-electron chi connectivity index (χ0n) is 20.0. The summed E-state index contributed by atoms with van der Waals surface area (Å²) >= 11 is 0. The Bertz CT molecular complexity index is 1120. The van der Waals surface area contributed by atoms with Gasteiger partial charge in [-0.3, -0.25) is 4.79 Å². The highest BCUT2D eigenvalue weighted by Crippen LogP contribution is 2.26. The van der Waals surface area contributed by atoms with Crippen LogP contribution in [0, 0.1) is 0 Å². The number of alkyl carbamates (subject to hydrolysis) is 1. The van der Waals surface area contributed by atoms with Gasteiger partial charge in [-0.05, 0) is 36.5 Å². The lowest BCUT2D eigenvalue weighted by Gasteiger charge is -2.23. The molecule has 8 heteroatoms. The van der Waals surface area contributed by atoms with E-state index in [1.165, 1.54) is 7.11 Å². The molecule has 2 heterocycles. The van der Waals surface area contributed by atoms with Crippen LogP contribution in [0.5, 0.6) is 0 Å². The highest BCUT2D eigenvalue weighted by Gasteiger charge is 2.26. The van der Waals surface area contributed by atoms with Gasteiger partial charge < -0.3 is 25.1 Å². The number of methoxy groups -OCH3 is 1. The number of ether oxygens (including phenoxy) is 2. The van der Waals surface area contributed by atoms with E-state index in [-0.39, 0.29) is 11.9 Å². The van der Waals surface area contributed by atoms with E-state index in [1.54, 1.807) is 6.20 Å². The number of nitrogens with one attached hydrogen (secondary N) is 3. The molecular weight excluding hydrogens is 444 g/mol. The summed E-state index contributed by atoms with van der Waals surface area (Å²) in [6.07, 6.45) is 4.91. The first kappa shape index (κ1) is 24.5. The summed E-state index contributed by atoms with van der Waals surface area (Å²) in [4.78, 5) is 32.8. The van der Waals surface area contributed by atoms with Crippen LogP contribution in [0.15, 0.2) is 60.8 Å². The van der Waals surface area contributed by atoms with Gasteiger partial charge in [0, 0.05) is 18.8 Å². The molecule has 8 nitrogen and oxygen atoms in total. The van der Waals surface area contributed by atoms with Crippen molar-refractivity contribution in [1.29, 1.82) is 0 Å². The van der Waals surface area contributed by atoms with E-state index in [4.69, 9.17) is 9.47 Å². The van der Waals surface area contributed by atoms with Crippen LogP contribution in [0.2, 0.25) is 0 Å². The number of H-pyrrole nitrogens is 1. The van der Waals surface area contributed by atoms with Gasteiger partial charge in [-0.25, -0.2) is 9.78 Å². The molecule has 1 fully saturated rings. The van der Waals surface area contributed by atoms with Crippen molar-refractivity contribution < 1.29 is 19.1 Å². The maximum Gasteiger partial charge on any atom is 0.407 e. The van der Waals surface area contributed by atoms with E-state index < -0.39 is 12.1 Å². The van der Waals surface area contributed by atoms with Gasteiger partial charge >= 0.3 is 6.09 Å². The van der Waals surface area contributed by atoms with E-state index in [1.807, 2.05) is 30.3 Å². The fraction of sp³-hybridized carbons (Fsp3) is 0.370. The van der Waals surface area contributed by atoms with Gasteiger partial charge in [0.15, 0.2) is 0 Å². The summed E-state index contributed by atoms with van der Waals surface area (Å²) in [5.74, 6) is 0.390. The maximum atomic E-state index is 13.1. The van der Waals surface area contributed by atoms with Crippen molar-refractivity contribution in [2.75, 3.05) is 20.3 Å². The van der Waals surface area contributed by atoms with Crippen LogP contribution in [0.3, 0.4) is 0 Å². The van der Waals surface area contributed by atoms with E-state index in [9.17, 15) is 9.59 Å². The van der Waals surface area contributed by atoms with E-state index in [0.29, 0.717) is 31.9 Å². The largest absolute Gasteiger partial charge is 0.453 e. The Morgan fingerprint density at radius 1 is 1.00 bits per heavy atom. The average Bonchev–Trinajstić information content (AvgIpc) is 3.38. The first-order valence-corrected chi connectivity index (χ1v) is 12.1. The van der Waals surface area contributed by atoms with Crippen molar-refractivity contribution in [3.05, 3.63) is 66.6 Å². The van der Waals surface area contributed by atoms with Gasteiger partial charge in [0.1, 0.15) is 11.9 Å². The predicted octanol–water partition coefficient (Wildman–Crippen LogP) is 4.61. The minimum Gasteiger partial charge on any atom is -0.453 e. The standard InChI is InChI=1S/C27H32N4O4/c1-34-27(33)31-23-13-6-3-7-15-35-16-14-22(30-26(23)32)25-28-18-24(29-25)21-12-8-11-20(17-21)19-9-4-2-5-10-19/h2,4-5,8-12,17-18,22-23H,3,6-7,13-16H2,1H3,(H,28,29)(H,30,32)(H,31,33)/t22-,23-/m0/s1. The fourth-order valence-electron chi connectivity index (χ4n) is 4.21. The molecule has 1 aliphatic rings. The van der Waals surface area contributed by atoms with Crippen molar-refractivity contribution in [2.24, 2.45) is 0 Å². The predicted molar refractivity (Wildman–Crippen MR) is 134 cm³/mol. The summed E-state index contributed by atoms with van der Waals surface area (Å²) in [5.41, 5.74) is 4.13. The minimum absolute atomic E-state index is 0.259. The van der Waals surface area contributed by atoms with Crippen molar-refractivity contribution in [3.8, 4) is 22.4 Å². The van der Waals surface area contributed by atoms with Gasteiger partial charge in [-0.15, -0.1) is 0 Å². The van der Waals surface area contributed by atoms with Crippen LogP contribution in [0.25, 0.3) is 22.4 Å². The van der Waals surface area contributed by atoms with E-state index >= 15 is 0 Å². The molecule has 2 atom stereocenters. The topological polar surface area (TPSA) is 105 Å². The number of aromatic amines is 1. The van der Waals surface area contributed by atoms with Crippen LogP contribution in [0.1, 0.15) is 44.0 Å². The molecule has 0 bridgehead atoms. The third kappa shape index (κ3) is 6.70. The van der Waals surface area contributed by atoms with E-state index in [0.717, 1.165) is 41.6 Å². The van der Waals surface area contributed by atoms with Crippen LogP contribution in [-0.2, 0) is 14.3 Å². The van der Waals surface area contributed by atoms with Crippen LogP contribution in [-0.4, -0.2) is 48.3 Å². The van der Waals surface area contributed by atoms with Gasteiger partial charge in [-0.1, -0.05) is 61.4 Å². The Balaban J connectivity index is 1.54. The van der Waals surface area contributed by atoms with Gasteiger partial charge in [0.2, 0.25) is 5.91 Å². The number of aromatic nitrogens is 2. The SMILES string of the molecule is COC(=O)N[C@H]1CCCCCOCC[C@@H](c2ncc(-c3cccc(-c4ccccc4)c3)[nH]2)NC1=O. The molecule has 0 saturated carbocycles. The molecule has 0 radical (unpaired) electrons. The first-order chi connectivity index (χ1) is 17.1. The molecule has 0 spiro atoms. The number of carbonyl (C=O) groups excluding carboxylic acids is 2. The van der Waals surface area contributed by atoms with Crippen LogP contribution in [0.4, 0.5) is 4.79 Å². The van der Waals surface area contributed by atoms with Gasteiger partial charge in [0.05, 0.1) is 25.0 Å². The second-order valence-corrected chi connectivity index (χ2v) is 8.63. The van der Waals surface area contributed by atoms with Crippen molar-refractivity contribution in [3.63, 3.8) is 0 Å². The highest BCUT2D eigenvalue weighted by atomic mass is 16.5. The van der Waals surface area contributed by atoms with E-state index in [2.05, 4.69) is 44.9 Å². The molecule has 3 N–H and O–H groups in total. The van der Waals surface area contributed by atoms with Gasteiger partial charge in [0.25, 0.3) is 0 Å². The zero-order valence-corrected chi connectivity index (χ0v) is 20.0. The molecule has 184 valence electrons. The summed E-state index contributed by atoms with van der Waals surface area (Å²) < 4.78 is 10.5. The number of hydrogen-bond donors (Lipinski definition) is 3. The molecule has 0 aliphatic carbocycles. The quantitative estimate of drug-likeness (QED) is 0.510.